The fourth-order valence-corrected chi connectivity index (χ4v) is 1.91. The van der Waals surface area contributed by atoms with Crippen molar-refractivity contribution < 1.29 is 21.6 Å². The first-order valence-corrected chi connectivity index (χ1v) is 5.55. The van der Waals surface area contributed by atoms with Crippen LogP contribution in [0.1, 0.15) is 11.1 Å². The summed E-state index contributed by atoms with van der Waals surface area (Å²) in [5.74, 6) is 0. The summed E-state index contributed by atoms with van der Waals surface area (Å²) >= 11 is 0. The second-order valence-corrected chi connectivity index (χ2v) is 4.62. The van der Waals surface area contributed by atoms with Crippen LogP contribution in [0.15, 0.2) is 17.0 Å². The first-order valence-electron chi connectivity index (χ1n) is 4.01. The summed E-state index contributed by atoms with van der Waals surface area (Å²) in [5, 5.41) is 13.2. The second-order valence-electron chi connectivity index (χ2n) is 3.09. The minimum Gasteiger partial charge on any atom is -0.398 e. The lowest BCUT2D eigenvalue weighted by molar-refractivity contribution is -0.139. The Labute approximate surface area is 94.5 Å². The van der Waals surface area contributed by atoms with Crippen LogP contribution in [0, 0.1) is 11.3 Å². The number of alkyl halides is 3. The molecule has 1 aromatic rings. The number of nitrogen functional groups attached to an aromatic ring is 1. The minimum absolute atomic E-state index is 0.373. The smallest absolute Gasteiger partial charge is 0.398 e. The van der Waals surface area contributed by atoms with Crippen LogP contribution >= 0.6 is 0 Å². The molecular formula is C8H6F3N3O2S. The standard InChI is InChI=1S/C8H6F3N3O2S/c9-8(10,11)5-2-6(13)4(3-12)1-7(5)17(14,15)16/h1-2H,13H2,(H2,14,15,16). The highest BCUT2D eigenvalue weighted by Gasteiger charge is 2.37. The first kappa shape index (κ1) is 13.3. The summed E-state index contributed by atoms with van der Waals surface area (Å²) < 4.78 is 59.6. The topological polar surface area (TPSA) is 110 Å². The van der Waals surface area contributed by atoms with E-state index in [-0.39, 0.29) is 5.56 Å². The predicted molar refractivity (Wildman–Crippen MR) is 51.9 cm³/mol. The van der Waals surface area contributed by atoms with Crippen LogP contribution < -0.4 is 10.9 Å². The molecule has 1 aromatic carbocycles. The van der Waals surface area contributed by atoms with Gasteiger partial charge >= 0.3 is 6.18 Å². The highest BCUT2D eigenvalue weighted by Crippen LogP contribution is 2.36. The highest BCUT2D eigenvalue weighted by molar-refractivity contribution is 7.89. The lowest BCUT2D eigenvalue weighted by Crippen LogP contribution is -2.19. The van der Waals surface area contributed by atoms with Gasteiger partial charge in [0.1, 0.15) is 6.07 Å². The van der Waals surface area contributed by atoms with Gasteiger partial charge in [-0.2, -0.15) is 18.4 Å². The summed E-state index contributed by atoms with van der Waals surface area (Å²) in [4.78, 5) is -1.17. The molecule has 0 fully saturated rings. The van der Waals surface area contributed by atoms with Crippen LogP contribution in [-0.2, 0) is 16.2 Å². The van der Waals surface area contributed by atoms with Crippen molar-refractivity contribution in [3.63, 3.8) is 0 Å². The molecular weight excluding hydrogens is 259 g/mol. The quantitative estimate of drug-likeness (QED) is 0.732. The molecule has 0 atom stereocenters. The molecule has 0 spiro atoms. The number of hydrogen-bond donors (Lipinski definition) is 2. The van der Waals surface area contributed by atoms with E-state index in [0.717, 1.165) is 0 Å². The zero-order valence-corrected chi connectivity index (χ0v) is 8.93. The van der Waals surface area contributed by atoms with E-state index < -0.39 is 32.3 Å². The Morgan fingerprint density at radius 2 is 1.82 bits per heavy atom. The van der Waals surface area contributed by atoms with E-state index in [1.54, 1.807) is 0 Å². The van der Waals surface area contributed by atoms with Gasteiger partial charge in [-0.15, -0.1) is 0 Å². The number of benzene rings is 1. The number of halogens is 3. The molecule has 0 aliphatic rings. The molecule has 17 heavy (non-hydrogen) atoms. The Morgan fingerprint density at radius 3 is 2.18 bits per heavy atom. The van der Waals surface area contributed by atoms with E-state index in [1.165, 1.54) is 6.07 Å². The summed E-state index contributed by atoms with van der Waals surface area (Å²) in [7, 11) is -4.59. The molecule has 0 bridgehead atoms. The van der Waals surface area contributed by atoms with Crippen molar-refractivity contribution >= 4 is 15.7 Å². The Hall–Kier alpha value is -1.79. The lowest BCUT2D eigenvalue weighted by atomic mass is 10.1. The summed E-state index contributed by atoms with van der Waals surface area (Å²) in [6.07, 6.45) is -4.93. The van der Waals surface area contributed by atoms with Crippen molar-refractivity contribution in [2.75, 3.05) is 5.73 Å². The van der Waals surface area contributed by atoms with Gasteiger partial charge < -0.3 is 5.73 Å². The molecule has 0 amide bonds. The van der Waals surface area contributed by atoms with Crippen molar-refractivity contribution in [1.82, 2.24) is 0 Å². The van der Waals surface area contributed by atoms with E-state index >= 15 is 0 Å². The van der Waals surface area contributed by atoms with Gasteiger partial charge in [0.05, 0.1) is 21.7 Å². The Morgan fingerprint density at radius 1 is 1.29 bits per heavy atom. The van der Waals surface area contributed by atoms with Crippen LogP contribution in [0.3, 0.4) is 0 Å². The van der Waals surface area contributed by atoms with Crippen LogP contribution in [0.5, 0.6) is 0 Å². The van der Waals surface area contributed by atoms with Gasteiger partial charge in [-0.05, 0) is 12.1 Å². The summed E-state index contributed by atoms with van der Waals surface area (Å²) in [6.45, 7) is 0. The monoisotopic (exact) mass is 265 g/mol. The molecule has 0 aliphatic heterocycles. The van der Waals surface area contributed by atoms with Gasteiger partial charge in [0.25, 0.3) is 0 Å². The maximum atomic E-state index is 12.5. The molecule has 1 rings (SSSR count). The number of nitriles is 1. The van der Waals surface area contributed by atoms with Crippen molar-refractivity contribution in [2.24, 2.45) is 5.14 Å². The third kappa shape index (κ3) is 2.66. The third-order valence-electron chi connectivity index (χ3n) is 1.88. The molecule has 0 saturated carbocycles. The number of anilines is 1. The molecule has 9 heteroatoms. The maximum Gasteiger partial charge on any atom is 0.417 e. The van der Waals surface area contributed by atoms with Crippen LogP contribution in [0.4, 0.5) is 18.9 Å². The largest absolute Gasteiger partial charge is 0.417 e. The van der Waals surface area contributed by atoms with Gasteiger partial charge in [0.15, 0.2) is 0 Å². The molecule has 0 saturated heterocycles. The zero-order valence-electron chi connectivity index (χ0n) is 8.12. The summed E-state index contributed by atoms with van der Waals surface area (Å²) in [6, 6.07) is 2.35. The fraction of sp³-hybridized carbons (Fsp3) is 0.125. The van der Waals surface area contributed by atoms with Gasteiger partial charge in [-0.3, -0.25) is 0 Å². The Kier molecular flexibility index (Phi) is 3.05. The molecule has 92 valence electrons. The molecule has 0 unspecified atom stereocenters. The highest BCUT2D eigenvalue weighted by atomic mass is 32.2. The molecule has 5 nitrogen and oxygen atoms in total. The van der Waals surface area contributed by atoms with Gasteiger partial charge in [-0.25, -0.2) is 13.6 Å². The zero-order chi connectivity index (χ0) is 13.4. The lowest BCUT2D eigenvalue weighted by Gasteiger charge is -2.12. The van der Waals surface area contributed by atoms with E-state index in [4.69, 9.17) is 11.0 Å². The predicted octanol–water partition coefficient (Wildman–Crippen LogP) is 0.807. The number of nitrogens with zero attached hydrogens (tertiary/aromatic N) is 1. The minimum atomic E-state index is -4.93. The van der Waals surface area contributed by atoms with Gasteiger partial charge in [0.2, 0.25) is 10.0 Å². The SMILES string of the molecule is N#Cc1cc(S(N)(=O)=O)c(C(F)(F)F)cc1N. The second kappa shape index (κ2) is 3.90. The fourth-order valence-electron chi connectivity index (χ4n) is 1.15. The van der Waals surface area contributed by atoms with Crippen LogP contribution in [0.2, 0.25) is 0 Å². The number of sulfonamides is 1. The van der Waals surface area contributed by atoms with E-state index in [2.05, 4.69) is 5.14 Å². The molecule has 0 aliphatic carbocycles. The molecule has 0 radical (unpaired) electrons. The molecule has 0 aromatic heterocycles. The third-order valence-corrected chi connectivity index (χ3v) is 2.83. The number of rotatable bonds is 1. The molecule has 4 N–H and O–H groups in total. The Bertz CT molecular complexity index is 602. The van der Waals surface area contributed by atoms with E-state index in [1.807, 2.05) is 0 Å². The maximum absolute atomic E-state index is 12.5. The number of primary sulfonamides is 1. The number of nitrogens with two attached hydrogens (primary N) is 2. The van der Waals surface area contributed by atoms with Crippen molar-refractivity contribution in [3.05, 3.63) is 23.3 Å². The average molecular weight is 265 g/mol. The normalized spacial score (nSPS) is 12.2. The van der Waals surface area contributed by atoms with E-state index in [0.29, 0.717) is 12.1 Å². The van der Waals surface area contributed by atoms with Crippen LogP contribution in [0.25, 0.3) is 0 Å². The van der Waals surface area contributed by atoms with Crippen LogP contribution in [-0.4, -0.2) is 8.42 Å². The average Bonchev–Trinajstić information content (AvgIpc) is 2.14. The van der Waals surface area contributed by atoms with E-state index in [9.17, 15) is 21.6 Å². The van der Waals surface area contributed by atoms with Crippen molar-refractivity contribution in [1.29, 1.82) is 5.26 Å². The van der Waals surface area contributed by atoms with Crippen molar-refractivity contribution in [2.45, 2.75) is 11.1 Å². The van der Waals surface area contributed by atoms with Crippen molar-refractivity contribution in [3.8, 4) is 6.07 Å². The Balaban J connectivity index is 3.74. The van der Waals surface area contributed by atoms with Gasteiger partial charge in [-0.1, -0.05) is 0 Å². The molecule has 0 heterocycles. The number of hydrogen-bond acceptors (Lipinski definition) is 4. The van der Waals surface area contributed by atoms with Gasteiger partial charge in [0, 0.05) is 0 Å². The summed E-state index contributed by atoms with van der Waals surface area (Å²) in [5.41, 5.74) is 2.84. The first-order chi connectivity index (χ1) is 7.57.